The molecule has 0 spiro atoms. The summed E-state index contributed by atoms with van der Waals surface area (Å²) in [4.78, 5) is 0. The fourth-order valence-electron chi connectivity index (χ4n) is 3.68. The second-order valence-corrected chi connectivity index (χ2v) is 9.20. The van der Waals surface area contributed by atoms with Gasteiger partial charge in [-0.1, -0.05) is 63.6 Å². The van der Waals surface area contributed by atoms with Crippen LogP contribution >= 0.6 is 7.82 Å². The molecule has 146 valence electrons. The summed E-state index contributed by atoms with van der Waals surface area (Å²) in [7, 11) is -3.84. The van der Waals surface area contributed by atoms with Gasteiger partial charge in [-0.2, -0.15) is 0 Å². The van der Waals surface area contributed by atoms with Crippen molar-refractivity contribution in [1.29, 1.82) is 0 Å². The largest absolute Gasteiger partial charge is 0.587 e. The van der Waals surface area contributed by atoms with Crippen LogP contribution in [0.25, 0.3) is 0 Å². The lowest BCUT2D eigenvalue weighted by molar-refractivity contribution is 0.0268. The minimum Gasteiger partial charge on any atom is -0.395 e. The molecule has 2 aromatic carbocycles. The molecule has 4 nitrogen and oxygen atoms in total. The molecular weight excluding hydrogens is 359 g/mol. The van der Waals surface area contributed by atoms with Crippen molar-refractivity contribution in [1.82, 2.24) is 0 Å². The molecule has 0 saturated heterocycles. The van der Waals surface area contributed by atoms with E-state index in [0.717, 1.165) is 12.8 Å². The Morgan fingerprint density at radius 2 is 1.41 bits per heavy atom. The molecule has 0 N–H and O–H groups in total. The standard InChI is InChI=1S/C22H29O4P/c1-17(2)21-15-14-18(3)16-22(21)26-27(23,24-19-10-6-4-7-11-19)25-20-12-8-5-9-13-20/h4-13,17-18,21-22H,14-16H2,1-3H3. The van der Waals surface area contributed by atoms with Crippen molar-refractivity contribution in [3.8, 4) is 11.5 Å². The van der Waals surface area contributed by atoms with Crippen molar-refractivity contribution in [2.45, 2.75) is 46.1 Å². The number of benzene rings is 2. The molecule has 1 aliphatic carbocycles. The van der Waals surface area contributed by atoms with Crippen LogP contribution in [0.2, 0.25) is 0 Å². The molecule has 0 radical (unpaired) electrons. The van der Waals surface area contributed by atoms with Gasteiger partial charge in [0, 0.05) is 0 Å². The lowest BCUT2D eigenvalue weighted by Crippen LogP contribution is -2.34. The van der Waals surface area contributed by atoms with Crippen molar-refractivity contribution >= 4 is 7.82 Å². The first kappa shape index (κ1) is 20.0. The quantitative estimate of drug-likeness (QED) is 0.493. The number of phosphoric ester groups is 1. The fraction of sp³-hybridized carbons (Fsp3) is 0.455. The van der Waals surface area contributed by atoms with Crippen molar-refractivity contribution < 1.29 is 18.1 Å². The number of para-hydroxylation sites is 2. The molecule has 0 heterocycles. The predicted octanol–water partition coefficient (Wildman–Crippen LogP) is 6.73. The van der Waals surface area contributed by atoms with Crippen LogP contribution in [0.3, 0.4) is 0 Å². The van der Waals surface area contributed by atoms with Crippen molar-refractivity contribution in [3.63, 3.8) is 0 Å². The van der Waals surface area contributed by atoms with E-state index in [1.165, 1.54) is 6.42 Å². The number of phosphoric acid groups is 1. The number of hydrogen-bond donors (Lipinski definition) is 0. The van der Waals surface area contributed by atoms with Crippen LogP contribution in [-0.4, -0.2) is 6.10 Å². The summed E-state index contributed by atoms with van der Waals surface area (Å²) in [6.45, 7) is 6.60. The highest BCUT2D eigenvalue weighted by Crippen LogP contribution is 2.53. The third-order valence-corrected chi connectivity index (χ3v) is 6.54. The molecule has 27 heavy (non-hydrogen) atoms. The number of hydrogen-bond acceptors (Lipinski definition) is 4. The second-order valence-electron chi connectivity index (χ2n) is 7.73. The second kappa shape index (κ2) is 8.95. The minimum atomic E-state index is -3.84. The molecule has 3 unspecified atom stereocenters. The van der Waals surface area contributed by atoms with Crippen LogP contribution in [0.1, 0.15) is 40.0 Å². The summed E-state index contributed by atoms with van der Waals surface area (Å²) in [5.74, 6) is 2.27. The van der Waals surface area contributed by atoms with E-state index in [4.69, 9.17) is 13.6 Å². The molecule has 1 fully saturated rings. The molecule has 1 aliphatic rings. The van der Waals surface area contributed by atoms with Gasteiger partial charge in [0.2, 0.25) is 0 Å². The van der Waals surface area contributed by atoms with Crippen molar-refractivity contribution in [2.75, 3.05) is 0 Å². The van der Waals surface area contributed by atoms with Gasteiger partial charge in [-0.25, -0.2) is 4.57 Å². The van der Waals surface area contributed by atoms with Crippen LogP contribution in [-0.2, 0) is 9.09 Å². The van der Waals surface area contributed by atoms with E-state index >= 15 is 0 Å². The molecule has 0 aromatic heterocycles. The molecule has 3 atom stereocenters. The van der Waals surface area contributed by atoms with Gasteiger partial charge in [0.25, 0.3) is 0 Å². The maximum Gasteiger partial charge on any atom is 0.587 e. The van der Waals surface area contributed by atoms with E-state index in [1.54, 1.807) is 24.3 Å². The summed E-state index contributed by atoms with van der Waals surface area (Å²) < 4.78 is 31.3. The van der Waals surface area contributed by atoms with E-state index in [1.807, 2.05) is 36.4 Å². The van der Waals surface area contributed by atoms with Gasteiger partial charge >= 0.3 is 7.82 Å². The Bertz CT molecular complexity index is 702. The molecule has 0 amide bonds. The van der Waals surface area contributed by atoms with Crippen molar-refractivity contribution in [2.24, 2.45) is 17.8 Å². The zero-order valence-corrected chi connectivity index (χ0v) is 17.2. The van der Waals surface area contributed by atoms with E-state index in [9.17, 15) is 4.57 Å². The Kier molecular flexibility index (Phi) is 6.62. The fourth-order valence-corrected chi connectivity index (χ4v) is 5.14. The van der Waals surface area contributed by atoms with Crippen LogP contribution in [0.4, 0.5) is 0 Å². The first-order valence-electron chi connectivity index (χ1n) is 9.73. The minimum absolute atomic E-state index is 0.146. The lowest BCUT2D eigenvalue weighted by Gasteiger charge is -2.37. The Morgan fingerprint density at radius 1 is 0.889 bits per heavy atom. The van der Waals surface area contributed by atoms with Crippen molar-refractivity contribution in [3.05, 3.63) is 60.7 Å². The van der Waals surface area contributed by atoms with Gasteiger partial charge in [-0.15, -0.1) is 0 Å². The maximum atomic E-state index is 13.6. The zero-order chi connectivity index (χ0) is 19.3. The molecule has 0 aliphatic heterocycles. The van der Waals surface area contributed by atoms with Crippen LogP contribution in [0.15, 0.2) is 60.7 Å². The smallest absolute Gasteiger partial charge is 0.395 e. The molecule has 5 heteroatoms. The first-order valence-corrected chi connectivity index (χ1v) is 11.2. The average molecular weight is 388 g/mol. The SMILES string of the molecule is CC1CCC(C(C)C)C(OP(=O)(Oc2ccccc2)Oc2ccccc2)C1. The summed E-state index contributed by atoms with van der Waals surface area (Å²) in [5.41, 5.74) is 0. The molecule has 2 aromatic rings. The van der Waals surface area contributed by atoms with E-state index in [2.05, 4.69) is 20.8 Å². The topological polar surface area (TPSA) is 44.8 Å². The van der Waals surface area contributed by atoms with Gasteiger partial charge in [-0.3, -0.25) is 4.52 Å². The van der Waals surface area contributed by atoms with Crippen LogP contribution < -0.4 is 9.05 Å². The van der Waals surface area contributed by atoms with E-state index in [0.29, 0.717) is 29.3 Å². The third-order valence-electron chi connectivity index (χ3n) is 5.15. The average Bonchev–Trinajstić information content (AvgIpc) is 2.62. The summed E-state index contributed by atoms with van der Waals surface area (Å²) in [6, 6.07) is 18.1. The highest BCUT2D eigenvalue weighted by Gasteiger charge is 2.40. The van der Waals surface area contributed by atoms with Gasteiger partial charge in [0.1, 0.15) is 11.5 Å². The highest BCUT2D eigenvalue weighted by molar-refractivity contribution is 7.49. The monoisotopic (exact) mass is 388 g/mol. The van der Waals surface area contributed by atoms with Gasteiger partial charge in [0.05, 0.1) is 6.10 Å². The van der Waals surface area contributed by atoms with E-state index < -0.39 is 7.82 Å². The van der Waals surface area contributed by atoms with Gasteiger partial charge < -0.3 is 9.05 Å². The highest BCUT2D eigenvalue weighted by atomic mass is 31.2. The summed E-state index contributed by atoms with van der Waals surface area (Å²) in [6.07, 6.45) is 2.96. The lowest BCUT2D eigenvalue weighted by atomic mass is 9.75. The van der Waals surface area contributed by atoms with E-state index in [-0.39, 0.29) is 6.10 Å². The molecule has 3 rings (SSSR count). The van der Waals surface area contributed by atoms with Crippen LogP contribution in [0.5, 0.6) is 11.5 Å². The Labute approximate surface area is 162 Å². The third kappa shape index (κ3) is 5.60. The van der Waals surface area contributed by atoms with Gasteiger partial charge in [-0.05, 0) is 54.9 Å². The first-order chi connectivity index (χ1) is 13.0. The summed E-state index contributed by atoms with van der Waals surface area (Å²) in [5, 5.41) is 0. The Balaban J connectivity index is 1.85. The zero-order valence-electron chi connectivity index (χ0n) is 16.3. The van der Waals surface area contributed by atoms with Gasteiger partial charge in [0.15, 0.2) is 0 Å². The Hall–Kier alpha value is -1.77. The Morgan fingerprint density at radius 3 is 1.89 bits per heavy atom. The summed E-state index contributed by atoms with van der Waals surface area (Å²) >= 11 is 0. The molecule has 0 bridgehead atoms. The normalized spacial score (nSPS) is 23.2. The molecule has 1 saturated carbocycles. The number of rotatable bonds is 7. The van der Waals surface area contributed by atoms with Crippen LogP contribution in [0, 0.1) is 17.8 Å². The molecular formula is C22H29O4P. The predicted molar refractivity (Wildman–Crippen MR) is 108 cm³/mol. The maximum absolute atomic E-state index is 13.6.